The van der Waals surface area contributed by atoms with E-state index in [0.717, 1.165) is 14.7 Å². The predicted octanol–water partition coefficient (Wildman–Crippen LogP) is 4.09. The number of hydrogen-bond acceptors (Lipinski definition) is 6. The van der Waals surface area contributed by atoms with Crippen LogP contribution in [0.15, 0.2) is 46.7 Å². The molecule has 27 heavy (non-hydrogen) atoms. The van der Waals surface area contributed by atoms with E-state index in [1.165, 1.54) is 41.9 Å². The van der Waals surface area contributed by atoms with Gasteiger partial charge in [0.05, 0.1) is 26.3 Å². The number of thiazole rings is 1. The van der Waals surface area contributed by atoms with Crippen molar-refractivity contribution in [3.63, 3.8) is 0 Å². The number of likely N-dealkylation sites (N-methyl/N-ethyl adjacent to an activating group) is 1. The maximum absolute atomic E-state index is 12.5. The highest BCUT2D eigenvalue weighted by molar-refractivity contribution is 7.89. The first-order valence-corrected chi connectivity index (χ1v) is 11.3. The molecule has 1 amide bonds. The smallest absolute Gasteiger partial charge is 0.243 e. The van der Waals surface area contributed by atoms with E-state index in [0.29, 0.717) is 15.2 Å². The first-order valence-electron chi connectivity index (χ1n) is 7.80. The van der Waals surface area contributed by atoms with Crippen LogP contribution in [-0.4, -0.2) is 37.2 Å². The van der Waals surface area contributed by atoms with Crippen LogP contribution in [0.3, 0.4) is 0 Å². The summed E-state index contributed by atoms with van der Waals surface area (Å²) >= 11 is 8.58. The highest BCUT2D eigenvalue weighted by Gasteiger charge is 2.23. The fourth-order valence-corrected chi connectivity index (χ4v) is 5.16. The Morgan fingerprint density at radius 2 is 1.93 bits per heavy atom. The molecule has 3 aromatic rings. The second-order valence-corrected chi connectivity index (χ2v) is 10.4. The van der Waals surface area contributed by atoms with E-state index < -0.39 is 15.9 Å². The third kappa shape index (κ3) is 4.74. The van der Waals surface area contributed by atoms with Gasteiger partial charge in [-0.15, -0.1) is 22.7 Å². The van der Waals surface area contributed by atoms with Crippen molar-refractivity contribution in [3.05, 3.63) is 51.7 Å². The molecule has 6 nitrogen and oxygen atoms in total. The molecule has 10 heteroatoms. The second kappa shape index (κ2) is 8.07. The Kier molecular flexibility index (Phi) is 5.97. The third-order valence-corrected chi connectivity index (χ3v) is 7.50. The average Bonchev–Trinajstić information content (AvgIpc) is 3.24. The number of halogens is 1. The Morgan fingerprint density at radius 3 is 2.56 bits per heavy atom. The predicted molar refractivity (Wildman–Crippen MR) is 110 cm³/mol. The molecule has 2 aromatic heterocycles. The van der Waals surface area contributed by atoms with E-state index in [2.05, 4.69) is 10.3 Å². The van der Waals surface area contributed by atoms with E-state index in [1.54, 1.807) is 18.2 Å². The lowest BCUT2D eigenvalue weighted by Crippen LogP contribution is -2.34. The van der Waals surface area contributed by atoms with E-state index >= 15 is 0 Å². The van der Waals surface area contributed by atoms with Crippen molar-refractivity contribution in [2.45, 2.75) is 11.8 Å². The lowest BCUT2D eigenvalue weighted by atomic mass is 10.2. The molecular weight excluding hydrogens is 426 g/mol. The Labute approximate surface area is 170 Å². The van der Waals surface area contributed by atoms with Gasteiger partial charge in [0.15, 0.2) is 5.13 Å². The van der Waals surface area contributed by atoms with Crippen molar-refractivity contribution in [2.24, 2.45) is 0 Å². The van der Waals surface area contributed by atoms with Crippen LogP contribution in [0.25, 0.3) is 10.6 Å². The van der Waals surface area contributed by atoms with Gasteiger partial charge in [0.1, 0.15) is 0 Å². The van der Waals surface area contributed by atoms with Gasteiger partial charge in [-0.3, -0.25) is 4.79 Å². The highest BCUT2D eigenvalue weighted by Crippen LogP contribution is 2.32. The highest BCUT2D eigenvalue weighted by atomic mass is 35.5. The van der Waals surface area contributed by atoms with Crippen LogP contribution in [0.5, 0.6) is 0 Å². The Balaban J connectivity index is 1.65. The zero-order chi connectivity index (χ0) is 19.6. The third-order valence-electron chi connectivity index (χ3n) is 3.67. The molecule has 0 aliphatic heterocycles. The molecule has 3 rings (SSSR count). The minimum atomic E-state index is -3.74. The largest absolute Gasteiger partial charge is 0.301 e. The number of hydrogen-bond donors (Lipinski definition) is 1. The zero-order valence-electron chi connectivity index (χ0n) is 14.5. The number of rotatable bonds is 6. The summed E-state index contributed by atoms with van der Waals surface area (Å²) < 4.78 is 26.8. The summed E-state index contributed by atoms with van der Waals surface area (Å²) in [5.74, 6) is -0.460. The quantitative estimate of drug-likeness (QED) is 0.624. The molecule has 1 N–H and O–H groups in total. The van der Waals surface area contributed by atoms with E-state index in [1.807, 2.05) is 18.4 Å². The molecule has 2 heterocycles. The van der Waals surface area contributed by atoms with Crippen molar-refractivity contribution in [1.29, 1.82) is 0 Å². The van der Waals surface area contributed by atoms with Crippen LogP contribution in [0, 0.1) is 6.92 Å². The summed E-state index contributed by atoms with van der Waals surface area (Å²) in [5.41, 5.74) is 1.67. The molecule has 0 aliphatic rings. The number of aromatic nitrogens is 1. The van der Waals surface area contributed by atoms with Gasteiger partial charge in [-0.1, -0.05) is 29.3 Å². The van der Waals surface area contributed by atoms with Crippen LogP contribution in [0.2, 0.25) is 4.34 Å². The SMILES string of the molecule is Cc1ccc(S(=O)(=O)N(C)CC(=O)Nc2nc(-c3ccc(Cl)s3)cs2)cc1. The number of amides is 1. The molecule has 0 bridgehead atoms. The fraction of sp³-hybridized carbons (Fsp3) is 0.176. The molecule has 0 saturated heterocycles. The first kappa shape index (κ1) is 20.0. The van der Waals surface area contributed by atoms with E-state index in [4.69, 9.17) is 11.6 Å². The minimum Gasteiger partial charge on any atom is -0.301 e. The fourth-order valence-electron chi connectivity index (χ4n) is 2.23. The number of nitrogens with zero attached hydrogens (tertiary/aromatic N) is 2. The van der Waals surface area contributed by atoms with Crippen LogP contribution >= 0.6 is 34.3 Å². The van der Waals surface area contributed by atoms with Gasteiger partial charge in [-0.25, -0.2) is 13.4 Å². The van der Waals surface area contributed by atoms with Gasteiger partial charge in [0.25, 0.3) is 0 Å². The topological polar surface area (TPSA) is 79.4 Å². The molecule has 142 valence electrons. The number of nitrogens with one attached hydrogen (secondary N) is 1. The Morgan fingerprint density at radius 1 is 1.22 bits per heavy atom. The molecule has 0 atom stereocenters. The number of carbonyl (C=O) groups is 1. The van der Waals surface area contributed by atoms with Crippen LogP contribution in [0.4, 0.5) is 5.13 Å². The van der Waals surface area contributed by atoms with Crippen molar-refractivity contribution in [3.8, 4) is 10.6 Å². The van der Waals surface area contributed by atoms with Crippen LogP contribution < -0.4 is 5.32 Å². The summed E-state index contributed by atoms with van der Waals surface area (Å²) in [5, 5.41) is 4.85. The summed E-state index contributed by atoms with van der Waals surface area (Å²) in [7, 11) is -2.36. The number of anilines is 1. The van der Waals surface area contributed by atoms with Crippen molar-refractivity contribution < 1.29 is 13.2 Å². The molecule has 0 aliphatic carbocycles. The lowest BCUT2D eigenvalue weighted by Gasteiger charge is -2.16. The lowest BCUT2D eigenvalue weighted by molar-refractivity contribution is -0.116. The summed E-state index contributed by atoms with van der Waals surface area (Å²) in [6.45, 7) is 1.57. The van der Waals surface area contributed by atoms with Crippen molar-refractivity contribution in [1.82, 2.24) is 9.29 Å². The summed E-state index contributed by atoms with van der Waals surface area (Å²) in [4.78, 5) is 17.6. The summed E-state index contributed by atoms with van der Waals surface area (Å²) in [6.07, 6.45) is 0. The molecule has 1 aromatic carbocycles. The maximum Gasteiger partial charge on any atom is 0.243 e. The van der Waals surface area contributed by atoms with Gasteiger partial charge >= 0.3 is 0 Å². The van der Waals surface area contributed by atoms with E-state index in [-0.39, 0.29) is 11.4 Å². The Bertz CT molecular complexity index is 1060. The van der Waals surface area contributed by atoms with E-state index in [9.17, 15) is 13.2 Å². The standard InChI is InChI=1S/C17H16ClN3O3S3/c1-11-3-5-12(6-4-11)27(23,24)21(2)9-16(22)20-17-19-13(10-25-17)14-7-8-15(18)26-14/h3-8,10H,9H2,1-2H3,(H,19,20,22). The number of thiophene rings is 1. The van der Waals surface area contributed by atoms with Crippen molar-refractivity contribution >= 4 is 55.3 Å². The van der Waals surface area contributed by atoms with Gasteiger partial charge in [0, 0.05) is 12.4 Å². The second-order valence-electron chi connectivity index (χ2n) is 5.76. The number of carbonyl (C=O) groups excluding carboxylic acids is 1. The molecule has 0 fully saturated rings. The maximum atomic E-state index is 12.5. The number of benzene rings is 1. The summed E-state index contributed by atoms with van der Waals surface area (Å²) in [6, 6.07) is 10.1. The van der Waals surface area contributed by atoms with Crippen LogP contribution in [0.1, 0.15) is 5.56 Å². The van der Waals surface area contributed by atoms with Gasteiger partial charge in [-0.05, 0) is 31.2 Å². The minimum absolute atomic E-state index is 0.148. The normalized spacial score (nSPS) is 11.7. The first-order chi connectivity index (χ1) is 12.8. The average molecular weight is 442 g/mol. The zero-order valence-corrected chi connectivity index (χ0v) is 17.7. The monoisotopic (exact) mass is 441 g/mol. The molecule has 0 unspecified atom stereocenters. The van der Waals surface area contributed by atoms with Gasteiger partial charge in [0.2, 0.25) is 15.9 Å². The Hall–Kier alpha value is -1.78. The van der Waals surface area contributed by atoms with Crippen molar-refractivity contribution in [2.75, 3.05) is 18.9 Å². The molecular formula is C17H16ClN3O3S3. The van der Waals surface area contributed by atoms with Gasteiger partial charge in [-0.2, -0.15) is 4.31 Å². The molecule has 0 radical (unpaired) electrons. The van der Waals surface area contributed by atoms with Crippen LogP contribution in [-0.2, 0) is 14.8 Å². The van der Waals surface area contributed by atoms with Gasteiger partial charge < -0.3 is 5.32 Å². The number of sulfonamides is 1. The molecule has 0 saturated carbocycles. The number of aryl methyl sites for hydroxylation is 1. The molecule has 0 spiro atoms.